The van der Waals surface area contributed by atoms with Crippen LogP contribution < -0.4 is 0 Å². The Morgan fingerprint density at radius 2 is 2.06 bits per heavy atom. The van der Waals surface area contributed by atoms with E-state index in [4.69, 9.17) is 4.43 Å². The molecule has 0 fully saturated rings. The predicted octanol–water partition coefficient (Wildman–Crippen LogP) is 3.86. The molecule has 0 saturated carbocycles. The van der Waals surface area contributed by atoms with Crippen LogP contribution in [-0.2, 0) is 9.22 Å². The number of hydrogen-bond acceptors (Lipinski definition) is 2. The van der Waals surface area contributed by atoms with Crippen molar-refractivity contribution in [2.24, 2.45) is 5.92 Å². The van der Waals surface area contributed by atoms with Crippen molar-refractivity contribution in [3.8, 4) is 0 Å². The molecule has 1 heterocycles. The van der Waals surface area contributed by atoms with Gasteiger partial charge in [0.05, 0.1) is 0 Å². The Labute approximate surface area is 107 Å². The van der Waals surface area contributed by atoms with Gasteiger partial charge in [-0.05, 0) is 37.8 Å². The third-order valence-electron chi connectivity index (χ3n) is 3.72. The molecule has 1 unspecified atom stereocenters. The first-order valence-electron chi connectivity index (χ1n) is 6.84. The van der Waals surface area contributed by atoms with Gasteiger partial charge in [-0.1, -0.05) is 33.8 Å². The summed E-state index contributed by atoms with van der Waals surface area (Å²) in [6.45, 7) is 10.5. The molecule has 98 valence electrons. The Morgan fingerprint density at radius 1 is 1.47 bits per heavy atom. The third-order valence-corrected chi connectivity index (χ3v) is 8.33. The second-order valence-corrected chi connectivity index (χ2v) is 9.66. The highest BCUT2D eigenvalue weighted by Crippen LogP contribution is 2.34. The molecule has 1 atom stereocenters. The average Bonchev–Trinajstić information content (AvgIpc) is 2.27. The summed E-state index contributed by atoms with van der Waals surface area (Å²) < 4.78 is 6.41. The summed E-state index contributed by atoms with van der Waals surface area (Å²) in [5.41, 5.74) is 0. The highest BCUT2D eigenvalue weighted by Gasteiger charge is 2.42. The smallest absolute Gasteiger partial charge is 0.227 e. The maximum atomic E-state index is 11.7. The minimum absolute atomic E-state index is 0.225. The van der Waals surface area contributed by atoms with E-state index >= 15 is 0 Å². The number of carbonyl (C=O) groups is 1. The molecule has 0 amide bonds. The zero-order valence-electron chi connectivity index (χ0n) is 11.9. The lowest BCUT2D eigenvalue weighted by Crippen LogP contribution is -2.48. The number of allylic oxidation sites excluding steroid dienone is 1. The fourth-order valence-electron chi connectivity index (χ4n) is 2.80. The SMILES string of the molecule is CC[Si]1(CC)OC(CC(C)C)CC=C1C(C)=O. The van der Waals surface area contributed by atoms with Gasteiger partial charge in [0, 0.05) is 11.3 Å². The van der Waals surface area contributed by atoms with Crippen LogP contribution in [-0.4, -0.2) is 20.2 Å². The Kier molecular flexibility index (Phi) is 5.14. The van der Waals surface area contributed by atoms with Gasteiger partial charge in [0.2, 0.25) is 8.32 Å². The maximum Gasteiger partial charge on any atom is 0.227 e. The molecular formula is C14H26O2Si. The molecule has 0 saturated heterocycles. The van der Waals surface area contributed by atoms with Crippen molar-refractivity contribution < 1.29 is 9.22 Å². The molecular weight excluding hydrogens is 228 g/mol. The molecule has 1 rings (SSSR count). The fraction of sp³-hybridized carbons (Fsp3) is 0.786. The quantitative estimate of drug-likeness (QED) is 0.696. The van der Waals surface area contributed by atoms with Crippen LogP contribution in [0.4, 0.5) is 0 Å². The zero-order valence-corrected chi connectivity index (χ0v) is 12.9. The second-order valence-electron chi connectivity index (χ2n) is 5.48. The summed E-state index contributed by atoms with van der Waals surface area (Å²) in [7, 11) is -1.94. The normalized spacial score (nSPS) is 23.6. The molecule has 0 bridgehead atoms. The molecule has 17 heavy (non-hydrogen) atoms. The van der Waals surface area contributed by atoms with E-state index in [-0.39, 0.29) is 5.78 Å². The Bertz CT molecular complexity index is 303. The van der Waals surface area contributed by atoms with E-state index in [0.717, 1.165) is 30.1 Å². The van der Waals surface area contributed by atoms with Gasteiger partial charge in [-0.2, -0.15) is 0 Å². The number of hydrogen-bond donors (Lipinski definition) is 0. The lowest BCUT2D eigenvalue weighted by molar-refractivity contribution is -0.113. The van der Waals surface area contributed by atoms with E-state index in [1.165, 1.54) is 0 Å². The Balaban J connectivity index is 2.93. The lowest BCUT2D eigenvalue weighted by Gasteiger charge is -2.39. The fourth-order valence-corrected chi connectivity index (χ4v) is 6.48. The highest BCUT2D eigenvalue weighted by atomic mass is 28.4. The number of ketones is 1. The minimum atomic E-state index is -1.94. The molecule has 1 aliphatic heterocycles. The second kappa shape index (κ2) is 5.96. The van der Waals surface area contributed by atoms with E-state index in [2.05, 4.69) is 33.8 Å². The summed E-state index contributed by atoms with van der Waals surface area (Å²) in [5, 5.41) is 1.03. The highest BCUT2D eigenvalue weighted by molar-refractivity contribution is 6.85. The number of Topliss-reactive ketones (excluding diaryl/α,β-unsaturated/α-hetero) is 1. The van der Waals surface area contributed by atoms with Gasteiger partial charge in [-0.15, -0.1) is 0 Å². The molecule has 1 aliphatic rings. The first-order chi connectivity index (χ1) is 7.95. The first-order valence-corrected chi connectivity index (χ1v) is 9.16. The summed E-state index contributed by atoms with van der Waals surface area (Å²) >= 11 is 0. The third kappa shape index (κ3) is 3.29. The molecule has 2 nitrogen and oxygen atoms in total. The maximum absolute atomic E-state index is 11.7. The van der Waals surface area contributed by atoms with Crippen molar-refractivity contribution in [1.29, 1.82) is 0 Å². The van der Waals surface area contributed by atoms with Crippen molar-refractivity contribution in [3.63, 3.8) is 0 Å². The summed E-state index contributed by atoms with van der Waals surface area (Å²) in [4.78, 5) is 11.7. The van der Waals surface area contributed by atoms with E-state index in [0.29, 0.717) is 12.0 Å². The predicted molar refractivity (Wildman–Crippen MR) is 74.4 cm³/mol. The van der Waals surface area contributed by atoms with Crippen molar-refractivity contribution in [2.75, 3.05) is 0 Å². The zero-order chi connectivity index (χ0) is 13.1. The van der Waals surface area contributed by atoms with Crippen LogP contribution in [0.3, 0.4) is 0 Å². The van der Waals surface area contributed by atoms with Crippen molar-refractivity contribution in [2.45, 2.75) is 65.7 Å². The van der Waals surface area contributed by atoms with Crippen molar-refractivity contribution >= 4 is 14.1 Å². The van der Waals surface area contributed by atoms with E-state index < -0.39 is 8.32 Å². The molecule has 0 aromatic carbocycles. The number of carbonyl (C=O) groups excluding carboxylic acids is 1. The summed E-state index contributed by atoms with van der Waals surface area (Å²) in [5.74, 6) is 0.885. The molecule has 0 aromatic heterocycles. The van der Waals surface area contributed by atoms with Crippen LogP contribution in [0.2, 0.25) is 12.1 Å². The molecule has 0 aromatic rings. The van der Waals surface area contributed by atoms with E-state index in [1.54, 1.807) is 6.92 Å². The Hall–Kier alpha value is -0.413. The largest absolute Gasteiger partial charge is 0.409 e. The van der Waals surface area contributed by atoms with Gasteiger partial charge in [0.1, 0.15) is 0 Å². The molecule has 3 heteroatoms. The van der Waals surface area contributed by atoms with Gasteiger partial charge >= 0.3 is 0 Å². The van der Waals surface area contributed by atoms with Crippen LogP contribution in [0.15, 0.2) is 11.3 Å². The standard InChI is InChI=1S/C14H26O2Si/c1-6-17(7-2)14(12(5)15)9-8-13(16-17)10-11(3)4/h9,11,13H,6-8,10H2,1-5H3. The topological polar surface area (TPSA) is 26.3 Å². The van der Waals surface area contributed by atoms with E-state index in [1.807, 2.05) is 0 Å². The van der Waals surface area contributed by atoms with Gasteiger partial charge in [0.25, 0.3) is 0 Å². The monoisotopic (exact) mass is 254 g/mol. The van der Waals surface area contributed by atoms with Gasteiger partial charge in [0.15, 0.2) is 5.78 Å². The molecule has 0 spiro atoms. The van der Waals surface area contributed by atoms with Crippen LogP contribution >= 0.6 is 0 Å². The average molecular weight is 254 g/mol. The summed E-state index contributed by atoms with van der Waals surface area (Å²) in [6, 6.07) is 2.03. The van der Waals surface area contributed by atoms with Gasteiger partial charge < -0.3 is 4.43 Å². The van der Waals surface area contributed by atoms with Crippen LogP contribution in [0.5, 0.6) is 0 Å². The van der Waals surface area contributed by atoms with Gasteiger partial charge in [-0.25, -0.2) is 0 Å². The van der Waals surface area contributed by atoms with Crippen molar-refractivity contribution in [3.05, 3.63) is 11.3 Å². The summed E-state index contributed by atoms with van der Waals surface area (Å²) in [6.07, 6.45) is 4.54. The molecule has 0 aliphatic carbocycles. The minimum Gasteiger partial charge on any atom is -0.409 e. The first kappa shape index (κ1) is 14.6. The van der Waals surface area contributed by atoms with Crippen LogP contribution in [0.1, 0.15) is 47.5 Å². The van der Waals surface area contributed by atoms with Gasteiger partial charge in [-0.3, -0.25) is 4.79 Å². The Morgan fingerprint density at radius 3 is 2.47 bits per heavy atom. The molecule has 0 N–H and O–H groups in total. The molecule has 0 radical (unpaired) electrons. The van der Waals surface area contributed by atoms with Crippen LogP contribution in [0.25, 0.3) is 0 Å². The van der Waals surface area contributed by atoms with Crippen LogP contribution in [0, 0.1) is 5.92 Å². The number of rotatable bonds is 5. The van der Waals surface area contributed by atoms with Crippen molar-refractivity contribution in [1.82, 2.24) is 0 Å². The van der Waals surface area contributed by atoms with E-state index in [9.17, 15) is 4.79 Å². The lowest BCUT2D eigenvalue weighted by atomic mass is 10.0.